The van der Waals surface area contributed by atoms with Gasteiger partial charge >= 0.3 is 5.97 Å². The van der Waals surface area contributed by atoms with E-state index in [9.17, 15) is 9.59 Å². The van der Waals surface area contributed by atoms with Gasteiger partial charge in [0, 0.05) is 12.7 Å². The second kappa shape index (κ2) is 4.53. The van der Waals surface area contributed by atoms with Crippen LogP contribution in [0.5, 0.6) is 0 Å². The van der Waals surface area contributed by atoms with Gasteiger partial charge in [-0.05, 0) is 18.6 Å². The molecular weight excluding hydrogens is 220 g/mol. The van der Waals surface area contributed by atoms with Crippen LogP contribution in [0.4, 0.5) is 0 Å². The van der Waals surface area contributed by atoms with Crippen LogP contribution in [0.15, 0.2) is 18.3 Å². The molecule has 1 aromatic rings. The molecule has 0 aliphatic carbocycles. The van der Waals surface area contributed by atoms with Gasteiger partial charge in [0.2, 0.25) is 0 Å². The fourth-order valence-electron chi connectivity index (χ4n) is 2.18. The van der Waals surface area contributed by atoms with Crippen LogP contribution in [-0.4, -0.2) is 33.4 Å². The van der Waals surface area contributed by atoms with Gasteiger partial charge in [0.1, 0.15) is 0 Å². The number of carboxylic acid groups (broad SMARTS) is 1. The zero-order chi connectivity index (χ0) is 12.4. The zero-order valence-corrected chi connectivity index (χ0v) is 9.59. The van der Waals surface area contributed by atoms with Gasteiger partial charge in [0.25, 0.3) is 5.91 Å². The van der Waals surface area contributed by atoms with Gasteiger partial charge < -0.3 is 10.0 Å². The standard InChI is InChI=1S/C12H14N2O3/c1-2-6-14-9(7-10(15)16)11-8(12(14)17)4-3-5-13-11/h3-5,9H,2,6-7H2,1H3,(H,15,16). The number of amides is 1. The van der Waals surface area contributed by atoms with E-state index in [-0.39, 0.29) is 12.3 Å². The lowest BCUT2D eigenvalue weighted by molar-refractivity contribution is -0.138. The maximum atomic E-state index is 12.1. The van der Waals surface area contributed by atoms with Gasteiger partial charge in [-0.15, -0.1) is 0 Å². The van der Waals surface area contributed by atoms with Crippen LogP contribution in [0.25, 0.3) is 0 Å². The topological polar surface area (TPSA) is 70.5 Å². The molecule has 0 radical (unpaired) electrons. The van der Waals surface area contributed by atoms with E-state index in [0.29, 0.717) is 17.8 Å². The quantitative estimate of drug-likeness (QED) is 0.856. The fraction of sp³-hybridized carbons (Fsp3) is 0.417. The monoisotopic (exact) mass is 234 g/mol. The number of pyridine rings is 1. The number of hydrogen-bond donors (Lipinski definition) is 1. The lowest BCUT2D eigenvalue weighted by Crippen LogP contribution is -2.30. The molecule has 0 bridgehead atoms. The van der Waals surface area contributed by atoms with Crippen molar-refractivity contribution in [2.75, 3.05) is 6.54 Å². The molecule has 0 saturated carbocycles. The Balaban J connectivity index is 2.38. The molecule has 5 nitrogen and oxygen atoms in total. The third kappa shape index (κ3) is 2.00. The van der Waals surface area contributed by atoms with Crippen LogP contribution < -0.4 is 0 Å². The molecule has 1 unspecified atom stereocenters. The maximum absolute atomic E-state index is 12.1. The Morgan fingerprint density at radius 3 is 3.00 bits per heavy atom. The number of hydrogen-bond acceptors (Lipinski definition) is 3. The molecule has 1 aliphatic rings. The van der Waals surface area contributed by atoms with Gasteiger partial charge in [0.05, 0.1) is 23.7 Å². The first-order valence-electron chi connectivity index (χ1n) is 5.62. The molecule has 1 N–H and O–H groups in total. The first-order chi connectivity index (χ1) is 8.15. The minimum absolute atomic E-state index is 0.0875. The number of aromatic nitrogens is 1. The molecule has 0 saturated heterocycles. The van der Waals surface area contributed by atoms with Gasteiger partial charge in [-0.1, -0.05) is 6.92 Å². The number of carboxylic acids is 1. The fourth-order valence-corrected chi connectivity index (χ4v) is 2.18. The molecular formula is C12H14N2O3. The van der Waals surface area contributed by atoms with E-state index >= 15 is 0 Å². The number of carbonyl (C=O) groups excluding carboxylic acids is 1. The minimum Gasteiger partial charge on any atom is -0.481 e. The second-order valence-electron chi connectivity index (χ2n) is 4.05. The van der Waals surface area contributed by atoms with Crippen LogP contribution >= 0.6 is 0 Å². The van der Waals surface area contributed by atoms with Gasteiger partial charge in [0.15, 0.2) is 0 Å². The van der Waals surface area contributed by atoms with Crippen LogP contribution in [0.1, 0.15) is 41.9 Å². The summed E-state index contributed by atoms with van der Waals surface area (Å²) in [5, 5.41) is 8.91. The third-order valence-corrected chi connectivity index (χ3v) is 2.85. The number of nitrogens with zero attached hydrogens (tertiary/aromatic N) is 2. The predicted molar refractivity (Wildman–Crippen MR) is 60.6 cm³/mol. The number of fused-ring (bicyclic) bond motifs is 1. The summed E-state index contributed by atoms with van der Waals surface area (Å²) in [6.45, 7) is 2.52. The number of aliphatic carboxylic acids is 1. The molecule has 2 rings (SSSR count). The van der Waals surface area contributed by atoms with E-state index in [4.69, 9.17) is 5.11 Å². The summed E-state index contributed by atoms with van der Waals surface area (Å²) in [5.74, 6) is -1.02. The SMILES string of the molecule is CCCN1C(=O)c2cccnc2C1CC(=O)O. The van der Waals surface area contributed by atoms with Crippen molar-refractivity contribution in [2.24, 2.45) is 0 Å². The summed E-state index contributed by atoms with van der Waals surface area (Å²) in [4.78, 5) is 28.7. The van der Waals surface area contributed by atoms with E-state index < -0.39 is 12.0 Å². The molecule has 1 atom stereocenters. The number of rotatable bonds is 4. The van der Waals surface area contributed by atoms with E-state index in [0.717, 1.165) is 6.42 Å². The molecule has 90 valence electrons. The van der Waals surface area contributed by atoms with E-state index in [1.807, 2.05) is 6.92 Å². The van der Waals surface area contributed by atoms with Crippen molar-refractivity contribution in [2.45, 2.75) is 25.8 Å². The summed E-state index contributed by atoms with van der Waals surface area (Å²) in [6, 6.07) is 2.98. The normalized spacial score (nSPS) is 18.3. The van der Waals surface area contributed by atoms with Crippen molar-refractivity contribution in [3.63, 3.8) is 0 Å². The van der Waals surface area contributed by atoms with Crippen LogP contribution in [-0.2, 0) is 4.79 Å². The van der Waals surface area contributed by atoms with Crippen LogP contribution in [0.3, 0.4) is 0 Å². The highest BCUT2D eigenvalue weighted by molar-refractivity contribution is 5.99. The van der Waals surface area contributed by atoms with E-state index in [1.54, 1.807) is 23.2 Å². The van der Waals surface area contributed by atoms with Gasteiger partial charge in [-0.2, -0.15) is 0 Å². The maximum Gasteiger partial charge on any atom is 0.305 e. The molecule has 5 heteroatoms. The van der Waals surface area contributed by atoms with Crippen molar-refractivity contribution in [1.82, 2.24) is 9.88 Å². The van der Waals surface area contributed by atoms with Crippen molar-refractivity contribution < 1.29 is 14.7 Å². The first kappa shape index (κ1) is 11.6. The third-order valence-electron chi connectivity index (χ3n) is 2.85. The minimum atomic E-state index is -0.914. The molecule has 17 heavy (non-hydrogen) atoms. The number of carbonyl (C=O) groups is 2. The van der Waals surface area contributed by atoms with Crippen molar-refractivity contribution in [3.05, 3.63) is 29.6 Å². The molecule has 1 amide bonds. The first-order valence-corrected chi connectivity index (χ1v) is 5.62. The average Bonchev–Trinajstić information content (AvgIpc) is 2.55. The lowest BCUT2D eigenvalue weighted by Gasteiger charge is -2.22. The highest BCUT2D eigenvalue weighted by Gasteiger charge is 2.38. The van der Waals surface area contributed by atoms with Gasteiger partial charge in [-0.25, -0.2) is 0 Å². The zero-order valence-electron chi connectivity index (χ0n) is 9.59. The highest BCUT2D eigenvalue weighted by Crippen LogP contribution is 2.34. The summed E-state index contributed by atoms with van der Waals surface area (Å²) < 4.78 is 0. The summed E-state index contributed by atoms with van der Waals surface area (Å²) >= 11 is 0. The Morgan fingerprint density at radius 2 is 2.35 bits per heavy atom. The molecule has 0 spiro atoms. The Labute approximate surface area is 99.1 Å². The van der Waals surface area contributed by atoms with Crippen molar-refractivity contribution >= 4 is 11.9 Å². The molecule has 1 aromatic heterocycles. The highest BCUT2D eigenvalue weighted by atomic mass is 16.4. The molecule has 0 fully saturated rings. The van der Waals surface area contributed by atoms with E-state index in [1.165, 1.54) is 0 Å². The molecule has 2 heterocycles. The van der Waals surface area contributed by atoms with Crippen LogP contribution in [0, 0.1) is 0 Å². The Kier molecular flexibility index (Phi) is 3.08. The second-order valence-corrected chi connectivity index (χ2v) is 4.05. The van der Waals surface area contributed by atoms with Crippen LogP contribution in [0.2, 0.25) is 0 Å². The predicted octanol–water partition coefficient (Wildman–Crippen LogP) is 1.46. The summed E-state index contributed by atoms with van der Waals surface area (Å²) in [6.07, 6.45) is 2.31. The Hall–Kier alpha value is -1.91. The van der Waals surface area contributed by atoms with Gasteiger partial charge in [-0.3, -0.25) is 14.6 Å². The van der Waals surface area contributed by atoms with E-state index in [2.05, 4.69) is 4.98 Å². The summed E-state index contributed by atoms with van der Waals surface area (Å²) in [7, 11) is 0. The molecule has 1 aliphatic heterocycles. The molecule has 0 aromatic carbocycles. The Morgan fingerprint density at radius 1 is 1.59 bits per heavy atom. The van der Waals surface area contributed by atoms with Crippen molar-refractivity contribution in [1.29, 1.82) is 0 Å². The average molecular weight is 234 g/mol. The largest absolute Gasteiger partial charge is 0.481 e. The Bertz CT molecular complexity index is 459. The summed E-state index contributed by atoms with van der Waals surface area (Å²) in [5.41, 5.74) is 1.13. The van der Waals surface area contributed by atoms with Crippen molar-refractivity contribution in [3.8, 4) is 0 Å². The lowest BCUT2D eigenvalue weighted by atomic mass is 10.1. The smallest absolute Gasteiger partial charge is 0.305 e.